The van der Waals surface area contributed by atoms with Gasteiger partial charge in [-0.2, -0.15) is 0 Å². The number of ether oxygens (including phenoxy) is 2. The third-order valence-corrected chi connectivity index (χ3v) is 7.30. The van der Waals surface area contributed by atoms with Gasteiger partial charge in [0.15, 0.2) is 5.78 Å². The number of benzene rings is 1. The molecule has 4 heterocycles. The molecule has 37 heavy (non-hydrogen) atoms. The maximum absolute atomic E-state index is 12.8. The maximum atomic E-state index is 12.8. The summed E-state index contributed by atoms with van der Waals surface area (Å²) in [6, 6.07) is 10.3. The number of nitrogens with one attached hydrogen (secondary N) is 2. The maximum Gasteiger partial charge on any atom is 0.414 e. The number of hydrogen-bond donors (Lipinski definition) is 3. The molecule has 0 spiro atoms. The second-order valence-electron chi connectivity index (χ2n) is 8.79. The predicted octanol–water partition coefficient (Wildman–Crippen LogP) is 2.90. The number of thioether (sulfide) groups is 1. The fourth-order valence-corrected chi connectivity index (χ4v) is 5.03. The van der Waals surface area contributed by atoms with Crippen LogP contribution in [0.5, 0.6) is 5.88 Å². The van der Waals surface area contributed by atoms with Crippen LogP contribution in [0, 0.1) is 0 Å². The molecule has 2 aliphatic rings. The number of ketones is 1. The summed E-state index contributed by atoms with van der Waals surface area (Å²) in [4.78, 5) is 48.5. The van der Waals surface area contributed by atoms with E-state index in [0.29, 0.717) is 52.7 Å². The molecule has 11 nitrogen and oxygen atoms in total. The van der Waals surface area contributed by atoms with Gasteiger partial charge in [0, 0.05) is 48.7 Å². The molecule has 1 fully saturated rings. The van der Waals surface area contributed by atoms with Crippen molar-refractivity contribution in [2.45, 2.75) is 23.5 Å². The first kappa shape index (κ1) is 24.9. The van der Waals surface area contributed by atoms with E-state index in [0.717, 1.165) is 4.90 Å². The van der Waals surface area contributed by atoms with E-state index in [1.165, 1.54) is 25.1 Å². The Bertz CT molecular complexity index is 1370. The number of anilines is 2. The zero-order valence-electron chi connectivity index (χ0n) is 20.0. The van der Waals surface area contributed by atoms with Crippen LogP contribution in [0.25, 0.3) is 11.0 Å². The molecular formula is C25H25N5O6S. The van der Waals surface area contributed by atoms with Crippen molar-refractivity contribution in [1.82, 2.24) is 14.9 Å². The van der Waals surface area contributed by atoms with E-state index in [9.17, 15) is 19.5 Å². The molecular weight excluding hydrogens is 498 g/mol. The van der Waals surface area contributed by atoms with Crippen molar-refractivity contribution in [3.8, 4) is 5.88 Å². The van der Waals surface area contributed by atoms with Crippen LogP contribution in [0.15, 0.2) is 47.5 Å². The Morgan fingerprint density at radius 2 is 2.03 bits per heavy atom. The average Bonchev–Trinajstić information content (AvgIpc) is 2.89. The molecule has 192 valence electrons. The van der Waals surface area contributed by atoms with Crippen LogP contribution in [0.3, 0.4) is 0 Å². The molecule has 0 bridgehead atoms. The monoisotopic (exact) mass is 523 g/mol. The van der Waals surface area contributed by atoms with Crippen LogP contribution in [-0.4, -0.2) is 76.0 Å². The number of carbonyl (C=O) groups excluding carboxylic acids is 3. The minimum Gasteiger partial charge on any atom is -0.481 e. The number of pyridine rings is 2. The number of fused-ring (bicyclic) bond motifs is 2. The Balaban J connectivity index is 1.16. The van der Waals surface area contributed by atoms with Gasteiger partial charge in [-0.05, 0) is 24.3 Å². The van der Waals surface area contributed by atoms with Gasteiger partial charge in [-0.15, -0.1) is 11.8 Å². The van der Waals surface area contributed by atoms with Gasteiger partial charge in [0.1, 0.15) is 5.52 Å². The Labute approximate surface area is 216 Å². The first-order valence-corrected chi connectivity index (χ1v) is 12.6. The molecule has 2 aliphatic heterocycles. The van der Waals surface area contributed by atoms with E-state index in [2.05, 4.69) is 20.6 Å². The summed E-state index contributed by atoms with van der Waals surface area (Å²) in [5.74, 6) is -1.11. The molecule has 5 rings (SSSR count). The Morgan fingerprint density at radius 3 is 2.81 bits per heavy atom. The van der Waals surface area contributed by atoms with Gasteiger partial charge in [0.05, 0.1) is 36.3 Å². The molecule has 3 aromatic rings. The summed E-state index contributed by atoms with van der Waals surface area (Å²) in [6.45, 7) is 0.882. The molecule has 0 atom stereocenters. The lowest BCUT2D eigenvalue weighted by Gasteiger charge is -2.37. The molecule has 2 aromatic heterocycles. The average molecular weight is 524 g/mol. The van der Waals surface area contributed by atoms with Crippen molar-refractivity contribution in [2.24, 2.45) is 0 Å². The smallest absolute Gasteiger partial charge is 0.414 e. The number of amides is 2. The van der Waals surface area contributed by atoms with Crippen molar-refractivity contribution in [1.29, 1.82) is 0 Å². The molecule has 0 saturated carbocycles. The van der Waals surface area contributed by atoms with E-state index in [1.54, 1.807) is 30.3 Å². The minimum absolute atomic E-state index is 0.0884. The Hall–Kier alpha value is -3.74. The molecule has 12 heteroatoms. The normalized spacial score (nSPS) is 17.0. The molecule has 3 N–H and O–H groups in total. The molecule has 1 aromatic carbocycles. The second kappa shape index (κ2) is 10.3. The van der Waals surface area contributed by atoms with E-state index < -0.39 is 11.9 Å². The number of Topliss-reactive ketones (excluding diaryl/α,β-unsaturated/α-hetero) is 1. The number of aromatic nitrogens is 2. The third kappa shape index (κ3) is 5.66. The van der Waals surface area contributed by atoms with Gasteiger partial charge >= 0.3 is 6.09 Å². The van der Waals surface area contributed by atoms with Crippen molar-refractivity contribution in [3.05, 3.63) is 48.2 Å². The van der Waals surface area contributed by atoms with Crippen LogP contribution in [0.1, 0.15) is 23.2 Å². The first-order chi connectivity index (χ1) is 17.8. The van der Waals surface area contributed by atoms with Gasteiger partial charge in [-0.1, -0.05) is 6.07 Å². The molecule has 2 amide bonds. The fourth-order valence-electron chi connectivity index (χ4n) is 4.24. The van der Waals surface area contributed by atoms with Crippen LogP contribution >= 0.6 is 11.8 Å². The summed E-state index contributed by atoms with van der Waals surface area (Å²) < 4.78 is 10.5. The summed E-state index contributed by atoms with van der Waals surface area (Å²) in [5, 5.41) is 16.3. The Morgan fingerprint density at radius 1 is 1.22 bits per heavy atom. The zero-order valence-corrected chi connectivity index (χ0v) is 20.8. The van der Waals surface area contributed by atoms with Crippen LogP contribution < -0.4 is 15.4 Å². The summed E-state index contributed by atoms with van der Waals surface area (Å²) in [6.07, 6.45) is 1.01. The van der Waals surface area contributed by atoms with Crippen LogP contribution in [0.2, 0.25) is 0 Å². The van der Waals surface area contributed by atoms with Crippen molar-refractivity contribution < 1.29 is 29.0 Å². The number of nitrogens with zero attached hydrogens (tertiary/aromatic N) is 3. The highest BCUT2D eigenvalue weighted by Gasteiger charge is 2.37. The van der Waals surface area contributed by atoms with Crippen molar-refractivity contribution >= 4 is 52.0 Å². The van der Waals surface area contributed by atoms with E-state index in [1.807, 2.05) is 11.0 Å². The van der Waals surface area contributed by atoms with Crippen LogP contribution in [0.4, 0.5) is 16.2 Å². The largest absolute Gasteiger partial charge is 0.481 e. The third-order valence-electron chi connectivity index (χ3n) is 6.23. The highest BCUT2D eigenvalue weighted by atomic mass is 32.2. The number of methoxy groups -OCH3 is 1. The number of piperidine rings is 1. The van der Waals surface area contributed by atoms with E-state index >= 15 is 0 Å². The van der Waals surface area contributed by atoms with Gasteiger partial charge in [0.2, 0.25) is 17.6 Å². The first-order valence-electron chi connectivity index (χ1n) is 11.7. The van der Waals surface area contributed by atoms with E-state index in [4.69, 9.17) is 9.47 Å². The van der Waals surface area contributed by atoms with Gasteiger partial charge in [-0.25, -0.2) is 9.78 Å². The summed E-state index contributed by atoms with van der Waals surface area (Å²) in [7, 11) is 1.49. The zero-order chi connectivity index (χ0) is 26.0. The van der Waals surface area contributed by atoms with Crippen molar-refractivity contribution in [2.75, 3.05) is 43.1 Å². The summed E-state index contributed by atoms with van der Waals surface area (Å²) >= 11 is 1.44. The predicted molar refractivity (Wildman–Crippen MR) is 137 cm³/mol. The molecule has 0 aliphatic carbocycles. The van der Waals surface area contributed by atoms with Gasteiger partial charge in [-0.3, -0.25) is 24.8 Å². The highest BCUT2D eigenvalue weighted by Crippen LogP contribution is 2.32. The minimum atomic E-state index is -1.66. The van der Waals surface area contributed by atoms with Crippen LogP contribution in [-0.2, 0) is 9.53 Å². The Kier molecular flexibility index (Phi) is 6.96. The number of rotatable bonds is 6. The lowest BCUT2D eigenvalue weighted by Crippen LogP contribution is -2.48. The standard InChI is InChI=1S/C25H25N5O6S/c1-35-22-5-3-16-23(29-22)17(6-9-26-16)28-24(33)36-25(34)7-10-30(11-8-25)13-19(31)15-2-4-20-18(12-15)27-21(32)14-37-20/h2-6,9,12,34H,7-8,10-11,13-14H2,1H3,(H,27,32)(H,26,28,33). The lowest BCUT2D eigenvalue weighted by atomic mass is 10.0. The van der Waals surface area contributed by atoms with Gasteiger partial charge in [0.25, 0.3) is 0 Å². The van der Waals surface area contributed by atoms with Gasteiger partial charge < -0.3 is 19.9 Å². The highest BCUT2D eigenvalue weighted by molar-refractivity contribution is 8.00. The fraction of sp³-hybridized carbons (Fsp3) is 0.320. The second-order valence-corrected chi connectivity index (χ2v) is 9.80. The number of aliphatic hydroxyl groups is 1. The SMILES string of the molecule is COc1ccc2nccc(NC(=O)OC3(O)CCN(CC(=O)c4ccc5c(c4)NC(=O)CS5)CC3)c2n1. The van der Waals surface area contributed by atoms with Crippen molar-refractivity contribution in [3.63, 3.8) is 0 Å². The number of likely N-dealkylation sites (tertiary alicyclic amines) is 1. The quantitative estimate of drug-likeness (QED) is 0.326. The topological polar surface area (TPSA) is 143 Å². The molecule has 1 saturated heterocycles. The lowest BCUT2D eigenvalue weighted by molar-refractivity contribution is -0.185. The number of carbonyl (C=O) groups is 3. The number of hydrogen-bond acceptors (Lipinski definition) is 10. The molecule has 0 unspecified atom stereocenters. The van der Waals surface area contributed by atoms with E-state index in [-0.39, 0.29) is 31.1 Å². The summed E-state index contributed by atoms with van der Waals surface area (Å²) in [5.41, 5.74) is 2.53. The molecule has 0 radical (unpaired) electrons.